The number of nitrogens with one attached hydrogen (secondary N) is 2. The third-order valence-electron chi connectivity index (χ3n) is 6.67. The molecule has 0 radical (unpaired) electrons. The molecule has 4 saturated carbocycles. The van der Waals surface area contributed by atoms with Gasteiger partial charge in [-0.1, -0.05) is 18.2 Å². The van der Waals surface area contributed by atoms with E-state index in [4.69, 9.17) is 0 Å². The number of pyridine rings is 1. The molecule has 2 N–H and O–H groups in total. The van der Waals surface area contributed by atoms with Crippen molar-refractivity contribution in [2.45, 2.75) is 38.5 Å². The maximum atomic E-state index is 12.5. The van der Waals surface area contributed by atoms with Gasteiger partial charge < -0.3 is 10.6 Å². The summed E-state index contributed by atoms with van der Waals surface area (Å²) < 4.78 is 0. The molecule has 0 atom stereocenters. The molecule has 2 aromatic rings. The summed E-state index contributed by atoms with van der Waals surface area (Å²) in [7, 11) is 0. The van der Waals surface area contributed by atoms with Crippen LogP contribution in [-0.4, -0.2) is 17.6 Å². The van der Waals surface area contributed by atoms with Gasteiger partial charge in [-0.2, -0.15) is 0 Å². The van der Waals surface area contributed by atoms with Gasteiger partial charge in [-0.15, -0.1) is 0 Å². The molecule has 1 aromatic carbocycles. The van der Waals surface area contributed by atoms with Crippen molar-refractivity contribution in [3.05, 3.63) is 36.5 Å². The van der Waals surface area contributed by atoms with E-state index < -0.39 is 0 Å². The fourth-order valence-electron chi connectivity index (χ4n) is 6.15. The lowest BCUT2D eigenvalue weighted by atomic mass is 9.49. The number of para-hydroxylation sites is 1. The van der Waals surface area contributed by atoms with Crippen LogP contribution in [0.25, 0.3) is 10.9 Å². The number of anilines is 1. The summed E-state index contributed by atoms with van der Waals surface area (Å²) in [5.41, 5.74) is 1.99. The lowest BCUT2D eigenvalue weighted by Crippen LogP contribution is -2.51. The first-order valence-corrected chi connectivity index (χ1v) is 9.58. The molecule has 0 aliphatic heterocycles. The highest BCUT2D eigenvalue weighted by atomic mass is 16.2. The van der Waals surface area contributed by atoms with Crippen LogP contribution in [0, 0.1) is 23.2 Å². The molecule has 0 saturated heterocycles. The zero-order chi connectivity index (χ0) is 16.9. The molecule has 4 bridgehead atoms. The van der Waals surface area contributed by atoms with Crippen molar-refractivity contribution in [1.29, 1.82) is 0 Å². The first-order chi connectivity index (χ1) is 12.2. The molecule has 25 heavy (non-hydrogen) atoms. The number of carbonyl (C=O) groups excluding carboxylic acids is 1. The Morgan fingerprint density at radius 3 is 2.44 bits per heavy atom. The van der Waals surface area contributed by atoms with Crippen molar-refractivity contribution in [2.75, 3.05) is 11.9 Å². The zero-order valence-electron chi connectivity index (χ0n) is 14.5. The van der Waals surface area contributed by atoms with Gasteiger partial charge in [-0.05, 0) is 73.8 Å². The summed E-state index contributed by atoms with van der Waals surface area (Å²) in [5, 5.41) is 7.22. The smallest absolute Gasteiger partial charge is 0.319 e. The van der Waals surface area contributed by atoms with E-state index in [2.05, 4.69) is 15.6 Å². The van der Waals surface area contributed by atoms with Gasteiger partial charge in [0.15, 0.2) is 0 Å². The van der Waals surface area contributed by atoms with E-state index in [1.54, 1.807) is 6.20 Å². The van der Waals surface area contributed by atoms with E-state index >= 15 is 0 Å². The monoisotopic (exact) mass is 335 g/mol. The van der Waals surface area contributed by atoms with Crippen molar-refractivity contribution in [1.82, 2.24) is 10.3 Å². The van der Waals surface area contributed by atoms with Crippen LogP contribution >= 0.6 is 0 Å². The standard InChI is InChI=1S/C21H25N3O/c25-20(24-18-5-1-3-17-4-2-6-22-19(17)18)23-13-21-10-14-7-15(11-21)9-16(8-14)12-21/h1-6,14-16H,7-13H2,(H2,23,24,25). The summed E-state index contributed by atoms with van der Waals surface area (Å²) in [4.78, 5) is 16.9. The highest BCUT2D eigenvalue weighted by Crippen LogP contribution is 2.59. The average molecular weight is 335 g/mol. The lowest BCUT2D eigenvalue weighted by molar-refractivity contribution is -0.0496. The van der Waals surface area contributed by atoms with Gasteiger partial charge in [-0.25, -0.2) is 4.79 Å². The third kappa shape index (κ3) is 2.78. The minimum absolute atomic E-state index is 0.103. The van der Waals surface area contributed by atoms with Gasteiger partial charge in [0.25, 0.3) is 0 Å². The number of benzene rings is 1. The molecule has 2 amide bonds. The average Bonchev–Trinajstić information content (AvgIpc) is 2.59. The maximum absolute atomic E-state index is 12.5. The molecule has 4 aliphatic rings. The number of fused-ring (bicyclic) bond motifs is 1. The van der Waals surface area contributed by atoms with Crippen LogP contribution in [0.15, 0.2) is 36.5 Å². The summed E-state index contributed by atoms with van der Waals surface area (Å²) in [6.45, 7) is 0.820. The molecule has 4 fully saturated rings. The fraction of sp³-hybridized carbons (Fsp3) is 0.524. The van der Waals surface area contributed by atoms with E-state index in [1.165, 1.54) is 38.5 Å². The first-order valence-electron chi connectivity index (χ1n) is 9.58. The van der Waals surface area contributed by atoms with Gasteiger partial charge in [0.05, 0.1) is 11.2 Å². The minimum atomic E-state index is -0.103. The Kier molecular flexibility index (Phi) is 3.47. The number of nitrogens with zero attached hydrogens (tertiary/aromatic N) is 1. The molecule has 130 valence electrons. The predicted molar refractivity (Wildman–Crippen MR) is 99.4 cm³/mol. The Balaban J connectivity index is 1.27. The molecule has 0 spiro atoms. The van der Waals surface area contributed by atoms with Crippen LogP contribution in [-0.2, 0) is 0 Å². The summed E-state index contributed by atoms with van der Waals surface area (Å²) in [5.74, 6) is 2.75. The largest absolute Gasteiger partial charge is 0.337 e. The Labute approximate surface area is 148 Å². The van der Waals surface area contributed by atoms with Crippen LogP contribution in [0.4, 0.5) is 10.5 Å². The quantitative estimate of drug-likeness (QED) is 0.863. The molecule has 1 aromatic heterocycles. The number of hydrogen-bond donors (Lipinski definition) is 2. The molecule has 1 heterocycles. The van der Waals surface area contributed by atoms with E-state index in [9.17, 15) is 4.79 Å². The fourth-order valence-corrected chi connectivity index (χ4v) is 6.15. The first kappa shape index (κ1) is 15.2. The second-order valence-electron chi connectivity index (χ2n) is 8.61. The minimum Gasteiger partial charge on any atom is -0.337 e. The molecular formula is C21H25N3O. The Hall–Kier alpha value is -2.10. The van der Waals surface area contributed by atoms with Gasteiger partial charge in [0.1, 0.15) is 0 Å². The van der Waals surface area contributed by atoms with Crippen molar-refractivity contribution in [3.63, 3.8) is 0 Å². The summed E-state index contributed by atoms with van der Waals surface area (Å²) in [6.07, 6.45) is 10.0. The topological polar surface area (TPSA) is 54.0 Å². The van der Waals surface area contributed by atoms with Crippen molar-refractivity contribution in [2.24, 2.45) is 23.2 Å². The van der Waals surface area contributed by atoms with Crippen LogP contribution in [0.5, 0.6) is 0 Å². The van der Waals surface area contributed by atoms with Crippen LogP contribution in [0.3, 0.4) is 0 Å². The van der Waals surface area contributed by atoms with Crippen molar-refractivity contribution < 1.29 is 4.79 Å². The second kappa shape index (κ2) is 5.72. The predicted octanol–water partition coefficient (Wildman–Crippen LogP) is 4.57. The number of hydrogen-bond acceptors (Lipinski definition) is 2. The Bertz CT molecular complexity index is 775. The van der Waals surface area contributed by atoms with Crippen LogP contribution < -0.4 is 10.6 Å². The maximum Gasteiger partial charge on any atom is 0.319 e. The summed E-state index contributed by atoms with van der Waals surface area (Å²) in [6, 6.07) is 9.72. The molecule has 4 heteroatoms. The number of carbonyl (C=O) groups is 1. The molecule has 0 unspecified atom stereocenters. The number of urea groups is 1. The highest BCUT2D eigenvalue weighted by molar-refractivity contribution is 5.99. The van der Waals surface area contributed by atoms with Gasteiger partial charge in [0, 0.05) is 18.1 Å². The van der Waals surface area contributed by atoms with Gasteiger partial charge >= 0.3 is 6.03 Å². The summed E-state index contributed by atoms with van der Waals surface area (Å²) >= 11 is 0. The van der Waals surface area contributed by atoms with Gasteiger partial charge in [-0.3, -0.25) is 4.98 Å². The Morgan fingerprint density at radius 2 is 1.72 bits per heavy atom. The van der Waals surface area contributed by atoms with Gasteiger partial charge in [0.2, 0.25) is 0 Å². The van der Waals surface area contributed by atoms with Crippen LogP contribution in [0.1, 0.15) is 38.5 Å². The molecule has 6 rings (SSSR count). The lowest BCUT2D eigenvalue weighted by Gasteiger charge is -2.56. The highest BCUT2D eigenvalue weighted by Gasteiger charge is 2.50. The number of amides is 2. The zero-order valence-corrected chi connectivity index (χ0v) is 14.5. The number of rotatable bonds is 3. The van der Waals surface area contributed by atoms with E-state index in [-0.39, 0.29) is 6.03 Å². The van der Waals surface area contributed by atoms with E-state index in [1.807, 2.05) is 30.3 Å². The Morgan fingerprint density at radius 1 is 1.04 bits per heavy atom. The van der Waals surface area contributed by atoms with Crippen molar-refractivity contribution >= 4 is 22.6 Å². The molecule has 4 aliphatic carbocycles. The third-order valence-corrected chi connectivity index (χ3v) is 6.67. The molecule has 4 nitrogen and oxygen atoms in total. The van der Waals surface area contributed by atoms with E-state index in [0.717, 1.165) is 40.9 Å². The van der Waals surface area contributed by atoms with E-state index in [0.29, 0.717) is 5.41 Å². The van der Waals surface area contributed by atoms with Crippen LogP contribution in [0.2, 0.25) is 0 Å². The number of aromatic nitrogens is 1. The second-order valence-corrected chi connectivity index (χ2v) is 8.61. The normalized spacial score (nSPS) is 32.7. The van der Waals surface area contributed by atoms with Crippen molar-refractivity contribution in [3.8, 4) is 0 Å². The SMILES string of the molecule is O=C(NCC12CC3CC(CC(C3)C1)C2)Nc1cccc2cccnc12. The molecular weight excluding hydrogens is 310 g/mol.